The fourth-order valence-electron chi connectivity index (χ4n) is 2.55. The van der Waals surface area contributed by atoms with Gasteiger partial charge in [0, 0.05) is 17.1 Å². The Bertz CT molecular complexity index is 1060. The second-order valence-electron chi connectivity index (χ2n) is 6.42. The van der Waals surface area contributed by atoms with Gasteiger partial charge >= 0.3 is 0 Å². The van der Waals surface area contributed by atoms with Crippen molar-refractivity contribution in [2.24, 2.45) is 0 Å². The topological polar surface area (TPSA) is 84.0 Å². The average Bonchev–Trinajstić information content (AvgIpc) is 2.65. The van der Waals surface area contributed by atoms with Crippen LogP contribution in [0.1, 0.15) is 29.9 Å². The van der Waals surface area contributed by atoms with Gasteiger partial charge in [0.05, 0.1) is 34.2 Å². The monoisotopic (exact) mass is 394 g/mol. The minimum atomic E-state index is -0.407. The van der Waals surface area contributed by atoms with Crippen molar-refractivity contribution in [3.63, 3.8) is 0 Å². The number of carbonyl (C=O) groups excluding carboxylic acids is 2. The van der Waals surface area contributed by atoms with Crippen LogP contribution < -0.4 is 10.6 Å². The molecule has 1 heterocycles. The van der Waals surface area contributed by atoms with Gasteiger partial charge in [-0.15, -0.1) is 0 Å². The zero-order chi connectivity index (χ0) is 20.1. The maximum absolute atomic E-state index is 12.3. The van der Waals surface area contributed by atoms with Gasteiger partial charge in [0.25, 0.3) is 5.91 Å². The molecule has 0 radical (unpaired) electrons. The fourth-order valence-corrected chi connectivity index (χ4v) is 2.72. The molecular weight excluding hydrogens is 376 g/mol. The van der Waals surface area contributed by atoms with Gasteiger partial charge in [0.1, 0.15) is 0 Å². The Morgan fingerprint density at radius 1 is 1.11 bits per heavy atom. The summed E-state index contributed by atoms with van der Waals surface area (Å²) >= 11 is 6.02. The third kappa shape index (κ3) is 4.92. The number of nitrogens with zero attached hydrogens (tertiary/aromatic N) is 2. The van der Waals surface area contributed by atoms with Gasteiger partial charge in [-0.3, -0.25) is 14.6 Å². The predicted octanol–water partition coefficient (Wildman–Crippen LogP) is 4.07. The molecule has 2 aromatic carbocycles. The number of aromatic nitrogens is 2. The minimum Gasteiger partial charge on any atom is -0.350 e. The van der Waals surface area contributed by atoms with E-state index >= 15 is 0 Å². The van der Waals surface area contributed by atoms with Crippen LogP contribution in [-0.2, 0) is 4.79 Å². The molecule has 0 saturated carbocycles. The standard InChI is InChI=1S/C21H19ClN4O2/c1-13(2)24-21(28)16-9-7-14(22)11-19(16)26-20(27)10-8-15-12-23-17-5-3-4-6-18(17)25-15/h3-13H,1-2H3,(H,24,28)(H,26,27)/b10-8+. The highest BCUT2D eigenvalue weighted by Gasteiger charge is 2.14. The largest absolute Gasteiger partial charge is 0.350 e. The van der Waals surface area contributed by atoms with Crippen LogP contribution in [0.15, 0.2) is 54.7 Å². The second kappa shape index (κ2) is 8.63. The molecule has 0 aliphatic heterocycles. The van der Waals surface area contributed by atoms with Crippen molar-refractivity contribution in [1.29, 1.82) is 0 Å². The molecular formula is C21H19ClN4O2. The second-order valence-corrected chi connectivity index (χ2v) is 6.86. The number of anilines is 1. The highest BCUT2D eigenvalue weighted by Crippen LogP contribution is 2.21. The molecule has 1 aromatic heterocycles. The maximum atomic E-state index is 12.3. The molecule has 3 rings (SSSR count). The van der Waals surface area contributed by atoms with Crippen molar-refractivity contribution in [2.75, 3.05) is 5.32 Å². The van der Waals surface area contributed by atoms with Gasteiger partial charge in [-0.25, -0.2) is 4.98 Å². The number of benzene rings is 2. The highest BCUT2D eigenvalue weighted by molar-refractivity contribution is 6.31. The van der Waals surface area contributed by atoms with Crippen molar-refractivity contribution in [3.8, 4) is 0 Å². The lowest BCUT2D eigenvalue weighted by molar-refractivity contribution is -0.111. The number of carbonyl (C=O) groups is 2. The summed E-state index contributed by atoms with van der Waals surface area (Å²) in [4.78, 5) is 33.4. The first kappa shape index (κ1) is 19.5. The lowest BCUT2D eigenvalue weighted by Crippen LogP contribution is -2.31. The summed E-state index contributed by atoms with van der Waals surface area (Å²) < 4.78 is 0. The minimum absolute atomic E-state index is 0.0295. The van der Waals surface area contributed by atoms with Crippen molar-refractivity contribution in [3.05, 3.63) is 71.0 Å². The number of fused-ring (bicyclic) bond motifs is 1. The lowest BCUT2D eigenvalue weighted by atomic mass is 10.1. The summed E-state index contributed by atoms with van der Waals surface area (Å²) in [6.45, 7) is 3.72. The third-order valence-corrected chi connectivity index (χ3v) is 4.01. The van der Waals surface area contributed by atoms with Crippen molar-refractivity contribution >= 4 is 46.2 Å². The summed E-state index contributed by atoms with van der Waals surface area (Å²) in [5, 5.41) is 5.91. The summed E-state index contributed by atoms with van der Waals surface area (Å²) in [5.74, 6) is -0.692. The smallest absolute Gasteiger partial charge is 0.253 e. The van der Waals surface area contributed by atoms with E-state index in [1.807, 2.05) is 38.1 Å². The highest BCUT2D eigenvalue weighted by atomic mass is 35.5. The van der Waals surface area contributed by atoms with Crippen LogP contribution in [0.5, 0.6) is 0 Å². The molecule has 0 spiro atoms. The normalized spacial score (nSPS) is 11.1. The molecule has 6 nitrogen and oxygen atoms in total. The number of para-hydroxylation sites is 2. The van der Waals surface area contributed by atoms with E-state index < -0.39 is 5.91 Å². The Kier molecular flexibility index (Phi) is 6.01. The maximum Gasteiger partial charge on any atom is 0.253 e. The van der Waals surface area contributed by atoms with E-state index in [0.29, 0.717) is 22.0 Å². The van der Waals surface area contributed by atoms with Crippen LogP contribution in [0.25, 0.3) is 17.1 Å². The van der Waals surface area contributed by atoms with Gasteiger partial charge in [-0.1, -0.05) is 23.7 Å². The molecule has 0 unspecified atom stereocenters. The van der Waals surface area contributed by atoms with E-state index in [2.05, 4.69) is 20.6 Å². The molecule has 0 bridgehead atoms. The van der Waals surface area contributed by atoms with Crippen LogP contribution >= 0.6 is 11.6 Å². The average molecular weight is 395 g/mol. The van der Waals surface area contributed by atoms with Crippen LogP contribution in [0.3, 0.4) is 0 Å². The molecule has 0 atom stereocenters. The van der Waals surface area contributed by atoms with Crippen molar-refractivity contribution in [2.45, 2.75) is 19.9 Å². The summed E-state index contributed by atoms with van der Waals surface area (Å²) in [6, 6.07) is 12.2. The Labute approximate surface area is 167 Å². The number of halogens is 1. The van der Waals surface area contributed by atoms with E-state index in [1.54, 1.807) is 30.5 Å². The lowest BCUT2D eigenvalue weighted by Gasteiger charge is -2.13. The van der Waals surface area contributed by atoms with Gasteiger partial charge in [-0.05, 0) is 50.3 Å². The molecule has 0 saturated heterocycles. The molecule has 142 valence electrons. The molecule has 2 N–H and O–H groups in total. The van der Waals surface area contributed by atoms with E-state index in [0.717, 1.165) is 11.0 Å². The fraction of sp³-hybridized carbons (Fsp3) is 0.143. The van der Waals surface area contributed by atoms with Crippen LogP contribution in [0, 0.1) is 0 Å². The molecule has 3 aromatic rings. The van der Waals surface area contributed by atoms with Crippen LogP contribution in [0.2, 0.25) is 5.02 Å². The van der Waals surface area contributed by atoms with E-state index in [1.165, 1.54) is 6.08 Å². The quantitative estimate of drug-likeness (QED) is 0.639. The van der Waals surface area contributed by atoms with Gasteiger partial charge in [0.15, 0.2) is 0 Å². The predicted molar refractivity (Wildman–Crippen MR) is 111 cm³/mol. The Morgan fingerprint density at radius 3 is 2.61 bits per heavy atom. The van der Waals surface area contributed by atoms with Gasteiger partial charge in [0.2, 0.25) is 5.91 Å². The summed E-state index contributed by atoms with van der Waals surface area (Å²) in [5.41, 5.74) is 2.75. The Balaban J connectivity index is 1.77. The van der Waals surface area contributed by atoms with E-state index in [4.69, 9.17) is 11.6 Å². The number of rotatable bonds is 5. The zero-order valence-corrected chi connectivity index (χ0v) is 16.2. The number of hydrogen-bond acceptors (Lipinski definition) is 4. The Morgan fingerprint density at radius 2 is 1.86 bits per heavy atom. The Hall–Kier alpha value is -3.25. The van der Waals surface area contributed by atoms with Crippen molar-refractivity contribution < 1.29 is 9.59 Å². The van der Waals surface area contributed by atoms with Crippen molar-refractivity contribution in [1.82, 2.24) is 15.3 Å². The molecule has 0 fully saturated rings. The first-order valence-electron chi connectivity index (χ1n) is 8.73. The summed E-state index contributed by atoms with van der Waals surface area (Å²) in [7, 11) is 0. The first-order chi connectivity index (χ1) is 13.4. The molecule has 7 heteroatoms. The van der Waals surface area contributed by atoms with E-state index in [-0.39, 0.29) is 11.9 Å². The zero-order valence-electron chi connectivity index (χ0n) is 15.4. The van der Waals surface area contributed by atoms with Gasteiger partial charge < -0.3 is 10.6 Å². The van der Waals surface area contributed by atoms with E-state index in [9.17, 15) is 9.59 Å². The SMILES string of the molecule is CC(C)NC(=O)c1ccc(Cl)cc1NC(=O)/C=C/c1cnc2ccccc2n1. The number of nitrogens with one attached hydrogen (secondary N) is 2. The van der Waals surface area contributed by atoms with Crippen LogP contribution in [0.4, 0.5) is 5.69 Å². The third-order valence-electron chi connectivity index (χ3n) is 3.78. The number of hydrogen-bond donors (Lipinski definition) is 2. The first-order valence-corrected chi connectivity index (χ1v) is 9.11. The van der Waals surface area contributed by atoms with Crippen LogP contribution in [-0.4, -0.2) is 27.8 Å². The molecule has 0 aliphatic rings. The molecule has 28 heavy (non-hydrogen) atoms. The molecule has 0 aliphatic carbocycles. The number of amides is 2. The summed E-state index contributed by atoms with van der Waals surface area (Å²) in [6.07, 6.45) is 4.49. The van der Waals surface area contributed by atoms with Gasteiger partial charge in [-0.2, -0.15) is 0 Å². The molecule has 2 amide bonds.